The van der Waals surface area contributed by atoms with Gasteiger partial charge in [-0.05, 0) is 43.2 Å². The number of anilines is 2. The summed E-state index contributed by atoms with van der Waals surface area (Å²) in [7, 11) is 0. The number of halogens is 2. The summed E-state index contributed by atoms with van der Waals surface area (Å²) in [4.78, 5) is 12.4. The molecule has 0 aliphatic heterocycles. The predicted octanol–water partition coefficient (Wildman–Crippen LogP) is 4.44. The highest BCUT2D eigenvalue weighted by molar-refractivity contribution is 6.40. The van der Waals surface area contributed by atoms with Crippen molar-refractivity contribution in [1.29, 1.82) is 0 Å². The van der Waals surface area contributed by atoms with Crippen LogP contribution in [0.1, 0.15) is 21.5 Å². The topological polar surface area (TPSA) is 55.1 Å². The molecule has 2 rings (SSSR count). The van der Waals surface area contributed by atoms with Crippen LogP contribution in [0.5, 0.6) is 0 Å². The first-order chi connectivity index (χ1) is 9.41. The number of carbonyl (C=O) groups excluding carboxylic acids is 1. The molecule has 0 aromatic heterocycles. The molecule has 0 aliphatic rings. The number of rotatable bonds is 2. The van der Waals surface area contributed by atoms with Crippen molar-refractivity contribution in [1.82, 2.24) is 0 Å². The third-order valence-electron chi connectivity index (χ3n) is 3.14. The van der Waals surface area contributed by atoms with Crippen LogP contribution in [0, 0.1) is 13.8 Å². The van der Waals surface area contributed by atoms with Gasteiger partial charge < -0.3 is 11.1 Å². The van der Waals surface area contributed by atoms with Gasteiger partial charge in [0.1, 0.15) is 0 Å². The summed E-state index contributed by atoms with van der Waals surface area (Å²) in [6.45, 7) is 3.75. The minimum Gasteiger partial charge on any atom is -0.398 e. The molecular formula is C15H14Cl2N2O. The zero-order chi connectivity index (χ0) is 14.9. The molecule has 5 heteroatoms. The predicted molar refractivity (Wildman–Crippen MR) is 84.7 cm³/mol. The molecule has 3 N–H and O–H groups in total. The van der Waals surface area contributed by atoms with Gasteiger partial charge in [0.2, 0.25) is 0 Å². The van der Waals surface area contributed by atoms with Crippen LogP contribution in [0.15, 0.2) is 30.3 Å². The summed E-state index contributed by atoms with van der Waals surface area (Å²) in [5, 5.41) is 3.46. The molecule has 2 aromatic rings. The quantitative estimate of drug-likeness (QED) is 0.806. The van der Waals surface area contributed by atoms with E-state index < -0.39 is 0 Å². The minimum atomic E-state index is -0.350. The van der Waals surface area contributed by atoms with Gasteiger partial charge in [0.05, 0.1) is 15.6 Å². The highest BCUT2D eigenvalue weighted by atomic mass is 35.5. The Morgan fingerprint density at radius 2 is 1.70 bits per heavy atom. The molecule has 0 atom stereocenters. The van der Waals surface area contributed by atoms with Gasteiger partial charge in [-0.15, -0.1) is 0 Å². The van der Waals surface area contributed by atoms with Crippen molar-refractivity contribution in [3.63, 3.8) is 0 Å². The van der Waals surface area contributed by atoms with E-state index in [1.165, 1.54) is 0 Å². The van der Waals surface area contributed by atoms with Crippen LogP contribution in [0.3, 0.4) is 0 Å². The molecule has 3 nitrogen and oxygen atoms in total. The lowest BCUT2D eigenvalue weighted by molar-refractivity contribution is 0.102. The molecule has 0 fully saturated rings. The first-order valence-corrected chi connectivity index (χ1v) is 6.78. The molecule has 0 spiro atoms. The summed E-state index contributed by atoms with van der Waals surface area (Å²) in [5.41, 5.74) is 9.17. The fraction of sp³-hybridized carbons (Fsp3) is 0.133. The van der Waals surface area contributed by atoms with E-state index in [1.54, 1.807) is 18.2 Å². The standard InChI is InChI=1S/C15H14Cl2N2O/c1-8-6-7-12(18)9(2)14(8)19-15(20)13-10(16)4-3-5-11(13)17/h3-7H,18H2,1-2H3,(H,19,20). The third-order valence-corrected chi connectivity index (χ3v) is 3.77. The van der Waals surface area contributed by atoms with Crippen LogP contribution in [0.2, 0.25) is 10.0 Å². The molecule has 0 unspecified atom stereocenters. The van der Waals surface area contributed by atoms with Gasteiger partial charge in [-0.25, -0.2) is 0 Å². The van der Waals surface area contributed by atoms with Crippen molar-refractivity contribution in [3.05, 3.63) is 57.1 Å². The van der Waals surface area contributed by atoms with E-state index in [9.17, 15) is 4.79 Å². The normalized spacial score (nSPS) is 10.4. The van der Waals surface area contributed by atoms with Crippen molar-refractivity contribution < 1.29 is 4.79 Å². The number of nitrogens with two attached hydrogens (primary N) is 1. The number of carbonyl (C=O) groups is 1. The molecule has 0 saturated carbocycles. The smallest absolute Gasteiger partial charge is 0.258 e. The molecule has 20 heavy (non-hydrogen) atoms. The Bertz CT molecular complexity index is 664. The summed E-state index contributed by atoms with van der Waals surface area (Å²) >= 11 is 12.1. The first kappa shape index (κ1) is 14.7. The van der Waals surface area contributed by atoms with E-state index in [0.717, 1.165) is 11.1 Å². The van der Waals surface area contributed by atoms with Gasteiger partial charge in [-0.3, -0.25) is 4.79 Å². The summed E-state index contributed by atoms with van der Waals surface area (Å²) in [6.07, 6.45) is 0. The van der Waals surface area contributed by atoms with Gasteiger partial charge >= 0.3 is 0 Å². The largest absolute Gasteiger partial charge is 0.398 e. The zero-order valence-electron chi connectivity index (χ0n) is 11.1. The average molecular weight is 309 g/mol. The Labute approximate surface area is 127 Å². The van der Waals surface area contributed by atoms with E-state index in [0.29, 0.717) is 21.4 Å². The number of hydrogen-bond acceptors (Lipinski definition) is 2. The lowest BCUT2D eigenvalue weighted by Gasteiger charge is -2.14. The Morgan fingerprint density at radius 1 is 1.10 bits per heavy atom. The summed E-state index contributed by atoms with van der Waals surface area (Å²) in [6, 6.07) is 8.61. The first-order valence-electron chi connectivity index (χ1n) is 6.03. The minimum absolute atomic E-state index is 0.261. The molecule has 1 amide bonds. The van der Waals surface area contributed by atoms with Crippen LogP contribution in [-0.2, 0) is 0 Å². The summed E-state index contributed by atoms with van der Waals surface area (Å²) in [5.74, 6) is -0.350. The highest BCUT2D eigenvalue weighted by Crippen LogP contribution is 2.29. The van der Waals surface area contributed by atoms with E-state index in [-0.39, 0.29) is 11.5 Å². The average Bonchev–Trinajstić information content (AvgIpc) is 2.39. The molecule has 0 radical (unpaired) electrons. The molecular weight excluding hydrogens is 295 g/mol. The monoisotopic (exact) mass is 308 g/mol. The van der Waals surface area contributed by atoms with Crippen molar-refractivity contribution in [2.75, 3.05) is 11.1 Å². The maximum atomic E-state index is 12.4. The van der Waals surface area contributed by atoms with Gasteiger partial charge in [0.25, 0.3) is 5.91 Å². The number of nitrogen functional groups attached to an aromatic ring is 1. The number of hydrogen-bond donors (Lipinski definition) is 2. The third kappa shape index (κ3) is 2.74. The summed E-state index contributed by atoms with van der Waals surface area (Å²) < 4.78 is 0. The molecule has 0 saturated heterocycles. The molecule has 104 valence electrons. The maximum Gasteiger partial charge on any atom is 0.258 e. The fourth-order valence-electron chi connectivity index (χ4n) is 1.95. The van der Waals surface area contributed by atoms with Crippen LogP contribution in [-0.4, -0.2) is 5.91 Å². The Morgan fingerprint density at radius 3 is 2.30 bits per heavy atom. The second kappa shape index (κ2) is 5.73. The molecule has 0 aliphatic carbocycles. The Hall–Kier alpha value is -1.71. The second-order valence-electron chi connectivity index (χ2n) is 4.52. The number of aryl methyl sites for hydroxylation is 1. The number of nitrogens with one attached hydrogen (secondary N) is 1. The van der Waals surface area contributed by atoms with Gasteiger partial charge in [0, 0.05) is 11.4 Å². The molecule has 0 heterocycles. The SMILES string of the molecule is Cc1ccc(N)c(C)c1NC(=O)c1c(Cl)cccc1Cl. The van der Waals surface area contributed by atoms with Crippen LogP contribution in [0.25, 0.3) is 0 Å². The molecule has 2 aromatic carbocycles. The lowest BCUT2D eigenvalue weighted by atomic mass is 10.1. The zero-order valence-corrected chi connectivity index (χ0v) is 12.6. The van der Waals surface area contributed by atoms with Gasteiger partial charge in [-0.2, -0.15) is 0 Å². The van der Waals surface area contributed by atoms with Crippen LogP contribution < -0.4 is 11.1 Å². The van der Waals surface area contributed by atoms with Crippen LogP contribution in [0.4, 0.5) is 11.4 Å². The van der Waals surface area contributed by atoms with Gasteiger partial charge in [-0.1, -0.05) is 35.3 Å². The van der Waals surface area contributed by atoms with E-state index >= 15 is 0 Å². The Kier molecular flexibility index (Phi) is 4.21. The van der Waals surface area contributed by atoms with Gasteiger partial charge in [0.15, 0.2) is 0 Å². The fourth-order valence-corrected chi connectivity index (χ4v) is 2.52. The van der Waals surface area contributed by atoms with E-state index in [4.69, 9.17) is 28.9 Å². The number of amides is 1. The van der Waals surface area contributed by atoms with E-state index in [1.807, 2.05) is 26.0 Å². The highest BCUT2D eigenvalue weighted by Gasteiger charge is 2.16. The van der Waals surface area contributed by atoms with E-state index in [2.05, 4.69) is 5.32 Å². The maximum absolute atomic E-state index is 12.4. The van der Waals surface area contributed by atoms with Crippen molar-refractivity contribution in [2.24, 2.45) is 0 Å². The Balaban J connectivity index is 2.41. The van der Waals surface area contributed by atoms with Crippen molar-refractivity contribution in [3.8, 4) is 0 Å². The second-order valence-corrected chi connectivity index (χ2v) is 5.34. The molecule has 0 bridgehead atoms. The van der Waals surface area contributed by atoms with Crippen molar-refractivity contribution in [2.45, 2.75) is 13.8 Å². The lowest BCUT2D eigenvalue weighted by Crippen LogP contribution is -2.15. The number of benzene rings is 2. The van der Waals surface area contributed by atoms with Crippen LogP contribution >= 0.6 is 23.2 Å². The van der Waals surface area contributed by atoms with Crippen molar-refractivity contribution >= 4 is 40.5 Å².